The molecule has 0 saturated heterocycles. The van der Waals surface area contributed by atoms with Crippen molar-refractivity contribution in [2.75, 3.05) is 0 Å². The van der Waals surface area contributed by atoms with Crippen molar-refractivity contribution in [2.45, 2.75) is 19.9 Å². The first-order valence-corrected chi connectivity index (χ1v) is 5.37. The van der Waals surface area contributed by atoms with Gasteiger partial charge in [-0.3, -0.25) is 0 Å². The fourth-order valence-electron chi connectivity index (χ4n) is 1.56. The zero-order valence-corrected chi connectivity index (χ0v) is 9.83. The largest absolute Gasteiger partial charge is 0.331 e. The predicted molar refractivity (Wildman–Crippen MR) is 61.2 cm³/mol. The lowest BCUT2D eigenvalue weighted by molar-refractivity contribution is 0.126. The van der Waals surface area contributed by atoms with Crippen molar-refractivity contribution in [3.63, 3.8) is 0 Å². The molecule has 0 aromatic carbocycles. The van der Waals surface area contributed by atoms with Crippen molar-refractivity contribution in [2.24, 2.45) is 0 Å². The number of hydrogen-bond acceptors (Lipinski definition) is 2. The molecule has 0 aliphatic carbocycles. The van der Waals surface area contributed by atoms with Crippen LogP contribution in [-0.2, 0) is 6.54 Å². The summed E-state index contributed by atoms with van der Waals surface area (Å²) in [6, 6.07) is 3.43. The number of alkyl halides is 2. The topological polar surface area (TPSA) is 30.7 Å². The van der Waals surface area contributed by atoms with Crippen LogP contribution in [0.15, 0.2) is 24.7 Å². The minimum Gasteiger partial charge on any atom is -0.331 e. The SMILES string of the molecule is Cc1nc(Cl)ccc1-c1cn(CC(F)F)cn1. The van der Waals surface area contributed by atoms with E-state index in [-0.39, 0.29) is 6.54 Å². The summed E-state index contributed by atoms with van der Waals surface area (Å²) in [5.41, 5.74) is 2.13. The Bertz CT molecular complexity index is 525. The Balaban J connectivity index is 2.30. The zero-order chi connectivity index (χ0) is 12.4. The maximum absolute atomic E-state index is 12.2. The molecule has 2 rings (SSSR count). The highest BCUT2D eigenvalue weighted by Crippen LogP contribution is 2.22. The lowest BCUT2D eigenvalue weighted by Gasteiger charge is -2.02. The molecule has 0 fully saturated rings. The van der Waals surface area contributed by atoms with Gasteiger partial charge < -0.3 is 4.57 Å². The summed E-state index contributed by atoms with van der Waals surface area (Å²) >= 11 is 5.74. The molecule has 0 aliphatic rings. The fraction of sp³-hybridized carbons (Fsp3) is 0.273. The lowest BCUT2D eigenvalue weighted by atomic mass is 10.1. The van der Waals surface area contributed by atoms with Gasteiger partial charge in [0.25, 0.3) is 6.43 Å². The van der Waals surface area contributed by atoms with Gasteiger partial charge in [0.15, 0.2) is 0 Å². The van der Waals surface area contributed by atoms with Crippen LogP contribution >= 0.6 is 11.6 Å². The van der Waals surface area contributed by atoms with Gasteiger partial charge in [-0.25, -0.2) is 18.7 Å². The Morgan fingerprint density at radius 3 is 2.82 bits per heavy atom. The van der Waals surface area contributed by atoms with Crippen LogP contribution < -0.4 is 0 Å². The van der Waals surface area contributed by atoms with Crippen molar-refractivity contribution in [3.8, 4) is 11.3 Å². The van der Waals surface area contributed by atoms with Crippen molar-refractivity contribution in [3.05, 3.63) is 35.5 Å². The fourth-order valence-corrected chi connectivity index (χ4v) is 1.75. The summed E-state index contributed by atoms with van der Waals surface area (Å²) in [6.45, 7) is 1.44. The molecule has 2 heterocycles. The van der Waals surface area contributed by atoms with Crippen LogP contribution in [0.25, 0.3) is 11.3 Å². The molecule has 0 amide bonds. The van der Waals surface area contributed by atoms with Gasteiger partial charge in [-0.2, -0.15) is 0 Å². The highest BCUT2D eigenvalue weighted by Gasteiger charge is 2.09. The van der Waals surface area contributed by atoms with Gasteiger partial charge in [-0.1, -0.05) is 11.6 Å². The summed E-state index contributed by atoms with van der Waals surface area (Å²) < 4.78 is 25.7. The molecule has 0 radical (unpaired) electrons. The van der Waals surface area contributed by atoms with E-state index in [0.717, 1.165) is 11.3 Å². The Hall–Kier alpha value is -1.49. The number of rotatable bonds is 3. The summed E-state index contributed by atoms with van der Waals surface area (Å²) in [5, 5.41) is 0.401. The van der Waals surface area contributed by atoms with E-state index in [0.29, 0.717) is 10.8 Å². The molecule has 17 heavy (non-hydrogen) atoms. The quantitative estimate of drug-likeness (QED) is 0.791. The summed E-state index contributed by atoms with van der Waals surface area (Å²) in [6.07, 6.45) is 0.570. The average molecular weight is 258 g/mol. The van der Waals surface area contributed by atoms with Crippen LogP contribution in [-0.4, -0.2) is 21.0 Å². The number of nitrogens with zero attached hydrogens (tertiary/aromatic N) is 3. The number of halogens is 3. The normalized spacial score (nSPS) is 11.1. The molecule has 0 unspecified atom stereocenters. The van der Waals surface area contributed by atoms with Gasteiger partial charge in [0.1, 0.15) is 5.15 Å². The van der Waals surface area contributed by atoms with Gasteiger partial charge in [0, 0.05) is 17.5 Å². The van der Waals surface area contributed by atoms with Crippen LogP contribution in [0, 0.1) is 6.92 Å². The first kappa shape index (κ1) is 12.0. The lowest BCUT2D eigenvalue weighted by Crippen LogP contribution is -2.03. The summed E-state index contributed by atoms with van der Waals surface area (Å²) in [7, 11) is 0. The van der Waals surface area contributed by atoms with Crippen molar-refractivity contribution >= 4 is 11.6 Å². The summed E-state index contributed by atoms with van der Waals surface area (Å²) in [5.74, 6) is 0. The van der Waals surface area contributed by atoms with Crippen molar-refractivity contribution < 1.29 is 8.78 Å². The van der Waals surface area contributed by atoms with E-state index in [4.69, 9.17) is 11.6 Å². The maximum atomic E-state index is 12.2. The predicted octanol–water partition coefficient (Wildman–Crippen LogP) is 3.17. The molecule has 2 aromatic rings. The van der Waals surface area contributed by atoms with Gasteiger partial charge in [0.2, 0.25) is 0 Å². The standard InChI is InChI=1S/C11H10ClF2N3/c1-7-8(2-3-10(12)16-7)9-4-17(6-15-9)5-11(13)14/h2-4,6,11H,5H2,1H3. The molecular formula is C11H10ClF2N3. The highest BCUT2D eigenvalue weighted by molar-refractivity contribution is 6.29. The minimum absolute atomic E-state index is 0.354. The molecule has 90 valence electrons. The molecule has 0 bridgehead atoms. The monoisotopic (exact) mass is 257 g/mol. The Morgan fingerprint density at radius 1 is 1.41 bits per heavy atom. The number of imidazole rings is 1. The van der Waals surface area contributed by atoms with E-state index in [9.17, 15) is 8.78 Å². The van der Waals surface area contributed by atoms with Crippen LogP contribution in [0.2, 0.25) is 5.15 Å². The molecule has 0 atom stereocenters. The van der Waals surface area contributed by atoms with Crippen LogP contribution in [0.5, 0.6) is 0 Å². The third kappa shape index (κ3) is 2.79. The van der Waals surface area contributed by atoms with Crippen LogP contribution in [0.4, 0.5) is 8.78 Å². The minimum atomic E-state index is -2.39. The summed E-state index contributed by atoms with van der Waals surface area (Å²) in [4.78, 5) is 8.16. The third-order valence-corrected chi connectivity index (χ3v) is 2.52. The number of hydrogen-bond donors (Lipinski definition) is 0. The third-order valence-electron chi connectivity index (χ3n) is 2.31. The zero-order valence-electron chi connectivity index (χ0n) is 9.07. The first-order valence-electron chi connectivity index (χ1n) is 4.99. The van der Waals surface area contributed by atoms with E-state index in [2.05, 4.69) is 9.97 Å². The molecule has 0 aliphatic heterocycles. The van der Waals surface area contributed by atoms with Gasteiger partial charge in [0.05, 0.1) is 18.6 Å². The molecular weight excluding hydrogens is 248 g/mol. The molecule has 6 heteroatoms. The molecule has 0 N–H and O–H groups in total. The Kier molecular flexibility index (Phi) is 3.38. The smallest absolute Gasteiger partial charge is 0.256 e. The number of aryl methyl sites for hydroxylation is 1. The molecule has 3 nitrogen and oxygen atoms in total. The average Bonchev–Trinajstić information content (AvgIpc) is 2.65. The Morgan fingerprint density at radius 2 is 2.18 bits per heavy atom. The van der Waals surface area contributed by atoms with E-state index < -0.39 is 6.43 Å². The second-order valence-electron chi connectivity index (χ2n) is 3.61. The Labute approximate surface area is 102 Å². The van der Waals surface area contributed by atoms with Gasteiger partial charge >= 0.3 is 0 Å². The molecule has 2 aromatic heterocycles. The van der Waals surface area contributed by atoms with Gasteiger partial charge in [-0.05, 0) is 19.1 Å². The van der Waals surface area contributed by atoms with E-state index in [1.54, 1.807) is 25.3 Å². The van der Waals surface area contributed by atoms with Crippen LogP contribution in [0.3, 0.4) is 0 Å². The van der Waals surface area contributed by atoms with Crippen molar-refractivity contribution in [1.29, 1.82) is 0 Å². The van der Waals surface area contributed by atoms with Gasteiger partial charge in [-0.15, -0.1) is 0 Å². The van der Waals surface area contributed by atoms with Crippen LogP contribution in [0.1, 0.15) is 5.69 Å². The maximum Gasteiger partial charge on any atom is 0.256 e. The number of aromatic nitrogens is 3. The molecule has 0 spiro atoms. The van der Waals surface area contributed by atoms with E-state index >= 15 is 0 Å². The molecule has 0 saturated carbocycles. The van der Waals surface area contributed by atoms with E-state index in [1.807, 2.05) is 0 Å². The van der Waals surface area contributed by atoms with Crippen molar-refractivity contribution in [1.82, 2.24) is 14.5 Å². The first-order chi connectivity index (χ1) is 8.06. The number of pyridine rings is 1. The van der Waals surface area contributed by atoms with E-state index in [1.165, 1.54) is 10.9 Å². The second-order valence-corrected chi connectivity index (χ2v) is 4.00. The second kappa shape index (κ2) is 4.79. The highest BCUT2D eigenvalue weighted by atomic mass is 35.5.